The van der Waals surface area contributed by atoms with Crippen LogP contribution in [-0.2, 0) is 0 Å². The molecule has 0 saturated heterocycles. The van der Waals surface area contributed by atoms with Gasteiger partial charge >= 0.3 is 0 Å². The first-order valence-corrected chi connectivity index (χ1v) is 5.25. The van der Waals surface area contributed by atoms with Crippen LogP contribution in [-0.4, -0.2) is 11.7 Å². The van der Waals surface area contributed by atoms with Gasteiger partial charge in [0.25, 0.3) is 0 Å². The third-order valence-corrected chi connectivity index (χ3v) is 4.45. The van der Waals surface area contributed by atoms with E-state index in [1.54, 1.807) is 0 Å². The zero-order chi connectivity index (χ0) is 8.77. The predicted molar refractivity (Wildman–Crippen MR) is 49.8 cm³/mol. The van der Waals surface area contributed by atoms with Crippen molar-refractivity contribution < 1.29 is 5.11 Å². The first kappa shape index (κ1) is 8.55. The topological polar surface area (TPSA) is 20.2 Å². The highest BCUT2D eigenvalue weighted by molar-refractivity contribution is 5.01. The van der Waals surface area contributed by atoms with Gasteiger partial charge in [-0.3, -0.25) is 0 Å². The molecule has 0 aromatic carbocycles. The van der Waals surface area contributed by atoms with Crippen LogP contribution in [0.5, 0.6) is 0 Å². The van der Waals surface area contributed by atoms with Gasteiger partial charge in [-0.05, 0) is 48.9 Å². The van der Waals surface area contributed by atoms with Crippen LogP contribution in [0.2, 0.25) is 0 Å². The summed E-state index contributed by atoms with van der Waals surface area (Å²) in [6.45, 7) is 5.23. The Balaban J connectivity index is 1.92. The van der Waals surface area contributed by atoms with E-state index in [1.807, 2.05) is 0 Å². The molecule has 3 atom stereocenters. The fourth-order valence-electron chi connectivity index (χ4n) is 3.24. The van der Waals surface area contributed by atoms with Crippen LogP contribution < -0.4 is 0 Å². The summed E-state index contributed by atoms with van der Waals surface area (Å²) < 4.78 is 0. The maximum absolute atomic E-state index is 8.85. The van der Waals surface area contributed by atoms with E-state index >= 15 is 0 Å². The van der Waals surface area contributed by atoms with E-state index in [1.165, 1.54) is 19.3 Å². The zero-order valence-electron chi connectivity index (χ0n) is 8.21. The van der Waals surface area contributed by atoms with Crippen LogP contribution >= 0.6 is 0 Å². The van der Waals surface area contributed by atoms with Gasteiger partial charge in [-0.15, -0.1) is 0 Å². The van der Waals surface area contributed by atoms with Crippen molar-refractivity contribution in [3.63, 3.8) is 0 Å². The summed E-state index contributed by atoms with van der Waals surface area (Å²) in [5.74, 6) is 2.77. The Labute approximate surface area is 75.2 Å². The maximum atomic E-state index is 8.85. The first-order chi connectivity index (χ1) is 5.64. The molecule has 0 spiro atoms. The molecule has 0 aliphatic heterocycles. The second-order valence-electron chi connectivity index (χ2n) is 5.30. The molecule has 3 aliphatic carbocycles. The third kappa shape index (κ3) is 1.10. The number of aliphatic hydroxyl groups excluding tert-OH is 1. The van der Waals surface area contributed by atoms with Crippen LogP contribution in [0.1, 0.15) is 39.5 Å². The third-order valence-electron chi connectivity index (χ3n) is 4.45. The lowest BCUT2D eigenvalue weighted by molar-refractivity contribution is -0.0929. The molecule has 1 unspecified atom stereocenters. The highest BCUT2D eigenvalue weighted by Gasteiger charge is 2.52. The smallest absolute Gasteiger partial charge is 0.0433 e. The van der Waals surface area contributed by atoms with Gasteiger partial charge in [0.05, 0.1) is 0 Å². The van der Waals surface area contributed by atoms with Crippen molar-refractivity contribution in [2.75, 3.05) is 6.61 Å². The summed E-state index contributed by atoms with van der Waals surface area (Å²) >= 11 is 0. The Hall–Kier alpha value is -0.0400. The number of hydrogen-bond acceptors (Lipinski definition) is 1. The summed E-state index contributed by atoms with van der Waals surface area (Å²) in [7, 11) is 0. The van der Waals surface area contributed by atoms with E-state index in [0.717, 1.165) is 24.2 Å². The lowest BCUT2D eigenvalue weighted by Gasteiger charge is -2.59. The second kappa shape index (κ2) is 2.73. The van der Waals surface area contributed by atoms with Gasteiger partial charge in [-0.1, -0.05) is 13.8 Å². The Kier molecular flexibility index (Phi) is 1.95. The van der Waals surface area contributed by atoms with Gasteiger partial charge < -0.3 is 5.11 Å². The number of fused-ring (bicyclic) bond motifs is 2. The van der Waals surface area contributed by atoms with Gasteiger partial charge in [-0.25, -0.2) is 0 Å². The van der Waals surface area contributed by atoms with Gasteiger partial charge in [0.15, 0.2) is 0 Å². The minimum atomic E-state index is 0.393. The average Bonchev–Trinajstić information content (AvgIpc) is 2.05. The molecule has 12 heavy (non-hydrogen) atoms. The van der Waals surface area contributed by atoms with E-state index in [-0.39, 0.29) is 0 Å². The standard InChI is InChI=1S/C11H20O/c1-11(2)9-5-8(3-4-12)6-10(11)7-9/h8-10,12H,3-7H2,1-2H3/t8?,9-,10+. The monoisotopic (exact) mass is 168 g/mol. The zero-order valence-corrected chi connectivity index (χ0v) is 8.21. The lowest BCUT2D eigenvalue weighted by Crippen LogP contribution is -2.50. The highest BCUT2D eigenvalue weighted by atomic mass is 16.3. The molecule has 1 nitrogen and oxygen atoms in total. The fourth-order valence-corrected chi connectivity index (χ4v) is 3.24. The van der Waals surface area contributed by atoms with Crippen molar-refractivity contribution >= 4 is 0 Å². The van der Waals surface area contributed by atoms with Gasteiger partial charge in [0, 0.05) is 6.61 Å². The van der Waals surface area contributed by atoms with Crippen molar-refractivity contribution in [1.82, 2.24) is 0 Å². The maximum Gasteiger partial charge on any atom is 0.0433 e. The molecule has 2 bridgehead atoms. The van der Waals surface area contributed by atoms with E-state index in [9.17, 15) is 0 Å². The fraction of sp³-hybridized carbons (Fsp3) is 1.00. The summed E-state index contributed by atoms with van der Waals surface area (Å²) in [5.41, 5.74) is 0.631. The Morgan fingerprint density at radius 3 is 2.17 bits per heavy atom. The van der Waals surface area contributed by atoms with Crippen molar-refractivity contribution in [2.24, 2.45) is 23.2 Å². The van der Waals surface area contributed by atoms with Crippen LogP contribution in [0.4, 0.5) is 0 Å². The molecule has 3 fully saturated rings. The average molecular weight is 168 g/mol. The Morgan fingerprint density at radius 2 is 1.75 bits per heavy atom. The summed E-state index contributed by atoms with van der Waals surface area (Å²) in [4.78, 5) is 0. The highest BCUT2D eigenvalue weighted by Crippen LogP contribution is 2.60. The van der Waals surface area contributed by atoms with Gasteiger partial charge in [-0.2, -0.15) is 0 Å². The molecule has 1 N–H and O–H groups in total. The molecule has 70 valence electrons. The molecular formula is C11H20O. The quantitative estimate of drug-likeness (QED) is 0.671. The van der Waals surface area contributed by atoms with Crippen molar-refractivity contribution in [2.45, 2.75) is 39.5 Å². The van der Waals surface area contributed by atoms with Gasteiger partial charge in [0.1, 0.15) is 0 Å². The normalized spacial score (nSPS) is 43.8. The lowest BCUT2D eigenvalue weighted by atomic mass is 9.46. The molecule has 3 rings (SSSR count). The van der Waals surface area contributed by atoms with Crippen LogP contribution in [0, 0.1) is 23.2 Å². The first-order valence-electron chi connectivity index (χ1n) is 5.25. The summed E-state index contributed by atoms with van der Waals surface area (Å²) in [6, 6.07) is 0. The van der Waals surface area contributed by atoms with E-state index in [2.05, 4.69) is 13.8 Å². The molecule has 0 aromatic rings. The second-order valence-corrected chi connectivity index (χ2v) is 5.30. The molecule has 0 heterocycles. The van der Waals surface area contributed by atoms with E-state index < -0.39 is 0 Å². The van der Waals surface area contributed by atoms with E-state index in [0.29, 0.717) is 12.0 Å². The molecular weight excluding hydrogens is 148 g/mol. The Morgan fingerprint density at radius 1 is 1.17 bits per heavy atom. The number of hydrogen-bond donors (Lipinski definition) is 1. The molecule has 1 heteroatoms. The SMILES string of the molecule is CC1(C)[C@@H]2CC(CCO)C[C@H]1C2. The summed E-state index contributed by atoms with van der Waals surface area (Å²) in [6.07, 6.45) is 5.27. The predicted octanol–water partition coefficient (Wildman–Crippen LogP) is 2.44. The molecule has 0 radical (unpaired) electrons. The minimum Gasteiger partial charge on any atom is -0.396 e. The minimum absolute atomic E-state index is 0.393. The number of rotatable bonds is 2. The largest absolute Gasteiger partial charge is 0.396 e. The Bertz CT molecular complexity index is 160. The van der Waals surface area contributed by atoms with E-state index in [4.69, 9.17) is 5.11 Å². The van der Waals surface area contributed by atoms with Crippen LogP contribution in [0.3, 0.4) is 0 Å². The van der Waals surface area contributed by atoms with Crippen LogP contribution in [0.15, 0.2) is 0 Å². The summed E-state index contributed by atoms with van der Waals surface area (Å²) in [5, 5.41) is 8.85. The van der Waals surface area contributed by atoms with Gasteiger partial charge in [0.2, 0.25) is 0 Å². The molecule has 3 aliphatic rings. The molecule has 0 amide bonds. The molecule has 3 saturated carbocycles. The van der Waals surface area contributed by atoms with Crippen LogP contribution in [0.25, 0.3) is 0 Å². The van der Waals surface area contributed by atoms with Crippen molar-refractivity contribution in [1.29, 1.82) is 0 Å². The molecule has 0 aromatic heterocycles. The van der Waals surface area contributed by atoms with Crippen molar-refractivity contribution in [3.8, 4) is 0 Å². The number of aliphatic hydroxyl groups is 1. The van der Waals surface area contributed by atoms with Crippen molar-refractivity contribution in [3.05, 3.63) is 0 Å².